The van der Waals surface area contributed by atoms with Gasteiger partial charge < -0.3 is 81.0 Å². The van der Waals surface area contributed by atoms with E-state index in [1.807, 2.05) is 48.4 Å². The van der Waals surface area contributed by atoms with E-state index in [-0.39, 0.29) is 109 Å². The van der Waals surface area contributed by atoms with Gasteiger partial charge in [0.25, 0.3) is 0 Å². The number of nitrogens with one attached hydrogen (secondary N) is 8. The summed E-state index contributed by atoms with van der Waals surface area (Å²) in [4.78, 5) is 105. The number of methoxy groups -OCH3 is 4. The van der Waals surface area contributed by atoms with E-state index in [4.69, 9.17) is 22.9 Å². The van der Waals surface area contributed by atoms with Crippen LogP contribution in [-0.2, 0) is 112 Å². The van der Waals surface area contributed by atoms with Crippen molar-refractivity contribution in [2.24, 2.45) is 0 Å². The fraction of sp³-hybridized carbons (Fsp3) is 0.0656. The Kier molecular flexibility index (Phi) is 36.2. The summed E-state index contributed by atoms with van der Waals surface area (Å²) in [5, 5.41) is 0. The summed E-state index contributed by atoms with van der Waals surface area (Å²) in [5.74, 6) is 0. The van der Waals surface area contributed by atoms with Gasteiger partial charge in [0.1, 0.15) is 0 Å². The summed E-state index contributed by atoms with van der Waals surface area (Å²) in [6.07, 6.45) is -0.491. The van der Waals surface area contributed by atoms with Gasteiger partial charge in [0.15, 0.2) is 0 Å². The van der Waals surface area contributed by atoms with Gasteiger partial charge in [0, 0.05) is 11.1 Å². The van der Waals surface area contributed by atoms with Crippen molar-refractivity contribution >= 4 is 116 Å². The number of hydrogen-bond donors (Lipinski definition) is 4. The molecular weight excluding hydrogens is 1410 g/mol. The number of aromatic amines is 4. The number of amides is 4. The van der Waals surface area contributed by atoms with Crippen molar-refractivity contribution < 1.29 is 132 Å². The molecule has 4 heterocycles. The molecule has 4 amide bonds. The number of aromatic nitrogens is 7. The third-order valence-corrected chi connectivity index (χ3v) is 14.6. The topological polar surface area (TPSA) is 371 Å². The van der Waals surface area contributed by atoms with Crippen molar-refractivity contribution in [3.05, 3.63) is 187 Å². The molecule has 11 rings (SSSR count). The average Bonchev–Trinajstić information content (AvgIpc) is 2.94. The molecule has 3 aromatic carbocycles. The van der Waals surface area contributed by atoms with E-state index in [9.17, 15) is 38.4 Å². The molecule has 4 unspecified atom stereocenters. The first-order valence-corrected chi connectivity index (χ1v) is 29.3. The quantitative estimate of drug-likeness (QED) is 0.0446. The number of carbonyl (C=O) groups is 4. The van der Waals surface area contributed by atoms with E-state index < -0.39 is 24.4 Å². The second-order valence-corrected chi connectivity index (χ2v) is 21.3. The summed E-state index contributed by atoms with van der Waals surface area (Å²) in [5.41, 5.74) is 45.8. The number of benzene rings is 3. The number of nitrogens with zero attached hydrogens (tertiary/aromatic N) is 3. The zero-order valence-electron chi connectivity index (χ0n) is 48.6. The molecule has 8 N–H and O–H groups in total. The molecule has 4 aliphatic carbocycles. The van der Waals surface area contributed by atoms with Crippen molar-refractivity contribution in [2.45, 2.75) is 0 Å². The molecule has 0 saturated carbocycles. The fourth-order valence-electron chi connectivity index (χ4n) is 8.03. The Labute approximate surface area is 582 Å². The Morgan fingerprint density at radius 2 is 0.641 bits per heavy atom. The SMILES string of the molecule is COC([NH-])=O.COC([NH-])=O.COC([NH-])=O.COC([NH-])=O.O=[C-]Pc1ccc(-c2ccc3cc(-c4ccc(-c5cnc(P[C-]=O)[nH]5)cc4)cc-3cc2)[nH]1.O=[C-]Pc1ncc(-c2ccc(-c3cc4ccc(-c5ccc6nc(P[C-]=O)[nH]c6c5)ccc-4c3)cc2)[nH]1.[V+2].[V+2].[V+2].[V+2]. The van der Waals surface area contributed by atoms with Gasteiger partial charge in [-0.25, -0.2) is 47.6 Å². The van der Waals surface area contributed by atoms with Crippen molar-refractivity contribution in [3.63, 3.8) is 0 Å². The smallest absolute Gasteiger partial charge is 0.632 e. The minimum atomic E-state index is -0.995. The molecule has 4 aliphatic rings. The summed E-state index contributed by atoms with van der Waals surface area (Å²) >= 11 is 0. The van der Waals surface area contributed by atoms with Crippen LogP contribution in [0.1, 0.15) is 0 Å². The minimum Gasteiger partial charge on any atom is -0.632 e. The first kappa shape index (κ1) is 80.1. The number of ether oxygens (including phenoxy) is 4. The van der Waals surface area contributed by atoms with Crippen molar-refractivity contribution in [1.82, 2.24) is 34.9 Å². The van der Waals surface area contributed by atoms with Gasteiger partial charge in [-0.1, -0.05) is 103 Å². The first-order chi connectivity index (χ1) is 42.5. The molecule has 92 heavy (non-hydrogen) atoms. The van der Waals surface area contributed by atoms with Crippen LogP contribution in [0.4, 0.5) is 19.2 Å². The number of carbonyl (C=O) groups excluding carboxylic acids is 8. The van der Waals surface area contributed by atoms with Gasteiger partial charge in [-0.2, -0.15) is 25.7 Å². The Morgan fingerprint density at radius 3 is 0.989 bits per heavy atom. The standard InChI is InChI=1S/C28H18N4O2P2.C25H17N3O2P2.4C2H5NO2.4V/c33-15-35-27-29-14-26(32-27)19-5-1-18(2-6-19)23-11-20-7-3-17(4-8-21(20)12-23)22-9-10-24-25(13-22)31-28(30-24)36-16-34;29-14-31-24-10-9-22(27-24)17-5-7-19-11-21(12-20(19)8-6-17)16-1-3-18(4-2-16)23-13-26-25(28-23)32-15-30;4*1-5-2(3)4;;;;/h1-14,35-36H,(H,29,32)(H,30,31);1-13,27,31-32H,(H,26,28);4*1H3,(H2,3,4);;;;/q2*-2;;;;;4*+2/p-4. The molecule has 4 radical (unpaired) electrons. The average molecular weight is 1460 g/mol. The van der Waals surface area contributed by atoms with Gasteiger partial charge in [-0.3, -0.25) is 19.2 Å². The van der Waals surface area contributed by atoms with E-state index in [1.165, 1.54) is 0 Å². The molecule has 4 aromatic heterocycles. The maximum Gasteiger partial charge on any atom is 2.00 e. The van der Waals surface area contributed by atoms with Crippen LogP contribution < -0.4 is 22.1 Å². The van der Waals surface area contributed by atoms with Crippen LogP contribution in [0.15, 0.2) is 164 Å². The molecule has 462 valence electrons. The molecule has 0 saturated heterocycles. The third kappa shape index (κ3) is 24.6. The van der Waals surface area contributed by atoms with Gasteiger partial charge in [-0.15, -0.1) is 0 Å². The number of imidazole rings is 3. The zero-order chi connectivity index (χ0) is 63.5. The largest absolute Gasteiger partial charge is 2.00 e. The molecule has 0 spiro atoms. The Morgan fingerprint density at radius 1 is 0.348 bits per heavy atom. The minimum absolute atomic E-state index is 0. The Bertz CT molecular complexity index is 3980. The number of hydrogen-bond acceptors (Lipinski definition) is 15. The van der Waals surface area contributed by atoms with Crippen LogP contribution in [0.25, 0.3) is 123 Å². The van der Waals surface area contributed by atoms with Crippen molar-refractivity contribution in [1.29, 1.82) is 0 Å². The predicted octanol–water partition coefficient (Wildman–Crippen LogP) is 12.9. The van der Waals surface area contributed by atoms with E-state index in [2.05, 4.69) is 181 Å². The predicted molar refractivity (Wildman–Crippen MR) is 349 cm³/mol. The second kappa shape index (κ2) is 41.5. The van der Waals surface area contributed by atoms with Crippen LogP contribution in [-0.4, -0.2) is 112 Å². The molecule has 23 nitrogen and oxygen atoms in total. The second-order valence-electron chi connectivity index (χ2n) is 17.5. The Balaban J connectivity index is 0.000000470. The molecular formula is C61H51N11O12P4V4. The Hall–Kier alpha value is -7.95. The van der Waals surface area contributed by atoms with E-state index in [0.717, 1.165) is 134 Å². The molecule has 0 aliphatic heterocycles. The normalized spacial score (nSPS) is 10.2. The summed E-state index contributed by atoms with van der Waals surface area (Å²) in [6.45, 7) is 0. The summed E-state index contributed by atoms with van der Waals surface area (Å²) in [7, 11) is 4.42. The maximum absolute atomic E-state index is 10.7. The van der Waals surface area contributed by atoms with E-state index >= 15 is 0 Å². The number of H-pyrrole nitrogens is 4. The van der Waals surface area contributed by atoms with Gasteiger partial charge in [0.05, 0.1) is 80.0 Å². The van der Waals surface area contributed by atoms with E-state index in [0.29, 0.717) is 16.7 Å². The van der Waals surface area contributed by atoms with E-state index in [1.54, 1.807) is 12.4 Å². The van der Waals surface area contributed by atoms with Crippen LogP contribution in [0.2, 0.25) is 0 Å². The van der Waals surface area contributed by atoms with Crippen LogP contribution >= 0.6 is 34.3 Å². The van der Waals surface area contributed by atoms with Gasteiger partial charge in [0.2, 0.25) is 24.4 Å². The first-order valence-electron chi connectivity index (χ1n) is 25.3. The molecule has 4 atom stereocenters. The number of fused-ring (bicyclic) bond motifs is 3. The molecule has 7 aromatic rings. The van der Waals surface area contributed by atoms with Crippen molar-refractivity contribution in [3.8, 4) is 89.4 Å². The van der Waals surface area contributed by atoms with Crippen LogP contribution in [0, 0.1) is 0 Å². The van der Waals surface area contributed by atoms with Gasteiger partial charge in [-0.05, 0) is 121 Å². The fourth-order valence-corrected chi connectivity index (χ4v) is 9.82. The monoisotopic (exact) mass is 1460 g/mol. The zero-order valence-corrected chi connectivity index (χ0v) is 58.2. The molecule has 31 heteroatoms. The van der Waals surface area contributed by atoms with Gasteiger partial charge >= 0.3 is 74.2 Å². The molecule has 0 fully saturated rings. The maximum atomic E-state index is 10.7. The van der Waals surface area contributed by atoms with Crippen LogP contribution in [0.5, 0.6) is 0 Å². The third-order valence-electron chi connectivity index (χ3n) is 12.1. The van der Waals surface area contributed by atoms with Crippen LogP contribution in [0.3, 0.4) is 0 Å². The summed E-state index contributed by atoms with van der Waals surface area (Å²) < 4.78 is 15.1. The number of rotatable bonds is 14. The van der Waals surface area contributed by atoms with Crippen molar-refractivity contribution in [2.75, 3.05) is 28.4 Å². The molecule has 0 bridgehead atoms. The summed E-state index contributed by atoms with van der Waals surface area (Å²) in [6, 6.07) is 60.0.